The summed E-state index contributed by atoms with van der Waals surface area (Å²) in [6.45, 7) is 2.45. The van der Waals surface area contributed by atoms with Crippen molar-refractivity contribution in [2.24, 2.45) is 0 Å². The van der Waals surface area contributed by atoms with E-state index in [1.807, 2.05) is 30.3 Å². The summed E-state index contributed by atoms with van der Waals surface area (Å²) in [6, 6.07) is 9.57. The van der Waals surface area contributed by atoms with Crippen LogP contribution in [0.5, 0.6) is 5.75 Å². The molecule has 1 aliphatic heterocycles. The minimum Gasteiger partial charge on any atom is -1.00 e. The van der Waals surface area contributed by atoms with Crippen LogP contribution in [0.15, 0.2) is 34.7 Å². The van der Waals surface area contributed by atoms with E-state index in [-0.39, 0.29) is 12.4 Å². The normalized spacial score (nSPS) is 17.0. The molecule has 1 aliphatic rings. The van der Waals surface area contributed by atoms with Gasteiger partial charge in [-0.25, -0.2) is 0 Å². The van der Waals surface area contributed by atoms with Gasteiger partial charge in [0.1, 0.15) is 17.3 Å². The molecular formula is C17H20Cl2NO3-. The molecule has 1 atom stereocenters. The Kier molecular flexibility index (Phi) is 6.78. The molecular weight excluding hydrogens is 337 g/mol. The molecule has 0 bridgehead atoms. The van der Waals surface area contributed by atoms with Gasteiger partial charge in [0.05, 0.1) is 24.8 Å². The molecule has 1 fully saturated rings. The average molecular weight is 357 g/mol. The zero-order valence-electron chi connectivity index (χ0n) is 13.0. The van der Waals surface area contributed by atoms with Gasteiger partial charge in [0, 0.05) is 18.7 Å². The van der Waals surface area contributed by atoms with E-state index in [0.29, 0.717) is 23.4 Å². The monoisotopic (exact) mass is 356 g/mol. The molecule has 3 rings (SSSR count). The van der Waals surface area contributed by atoms with Gasteiger partial charge in [-0.2, -0.15) is 0 Å². The van der Waals surface area contributed by atoms with Crippen LogP contribution in [0.2, 0.25) is 5.02 Å². The summed E-state index contributed by atoms with van der Waals surface area (Å²) in [5.41, 5.74) is 0.941. The molecule has 0 aliphatic carbocycles. The largest absolute Gasteiger partial charge is 1.00 e. The third kappa shape index (κ3) is 4.64. The van der Waals surface area contributed by atoms with Crippen LogP contribution < -0.4 is 22.5 Å². The van der Waals surface area contributed by atoms with Gasteiger partial charge >= 0.3 is 0 Å². The highest BCUT2D eigenvalue weighted by molar-refractivity contribution is 6.32. The van der Waals surface area contributed by atoms with Crippen LogP contribution in [0.4, 0.5) is 0 Å². The lowest BCUT2D eigenvalue weighted by molar-refractivity contribution is -0.00000662. The van der Waals surface area contributed by atoms with Crippen LogP contribution in [0, 0.1) is 0 Å². The van der Waals surface area contributed by atoms with Gasteiger partial charge in [-0.1, -0.05) is 11.6 Å². The van der Waals surface area contributed by atoms with Crippen molar-refractivity contribution in [3.8, 4) is 17.1 Å². The first-order valence-electron chi connectivity index (χ1n) is 7.51. The number of nitrogens with one attached hydrogen (secondary N) is 1. The standard InChI is InChI=1S/C17H20ClNO3.ClH/c1-20-17-6-4-12(9-15(17)18)16-7-5-14(22-16)11-19-10-13-3-2-8-21-13;/h4-7,9,13,19H,2-3,8,10-11H2,1H3;1H/p-1. The summed E-state index contributed by atoms with van der Waals surface area (Å²) in [4.78, 5) is 0. The lowest BCUT2D eigenvalue weighted by Crippen LogP contribution is -3.00. The van der Waals surface area contributed by atoms with Gasteiger partial charge < -0.3 is 31.6 Å². The van der Waals surface area contributed by atoms with E-state index in [4.69, 9.17) is 25.5 Å². The van der Waals surface area contributed by atoms with E-state index in [1.54, 1.807) is 7.11 Å². The summed E-state index contributed by atoms with van der Waals surface area (Å²) in [5.74, 6) is 2.37. The summed E-state index contributed by atoms with van der Waals surface area (Å²) in [6.07, 6.45) is 2.64. The number of halogens is 2. The fraction of sp³-hybridized carbons (Fsp3) is 0.412. The van der Waals surface area contributed by atoms with E-state index in [1.165, 1.54) is 0 Å². The highest BCUT2D eigenvalue weighted by Gasteiger charge is 2.15. The van der Waals surface area contributed by atoms with Crippen molar-refractivity contribution in [3.63, 3.8) is 0 Å². The number of benzene rings is 1. The molecule has 6 heteroatoms. The quantitative estimate of drug-likeness (QED) is 0.834. The van der Waals surface area contributed by atoms with E-state index in [9.17, 15) is 0 Å². The molecule has 23 heavy (non-hydrogen) atoms. The molecule has 1 N–H and O–H groups in total. The molecule has 1 unspecified atom stereocenters. The predicted octanol–water partition coefficient (Wildman–Crippen LogP) is 0.881. The number of hydrogen-bond donors (Lipinski definition) is 1. The third-order valence-corrected chi connectivity index (χ3v) is 4.09. The zero-order chi connectivity index (χ0) is 15.4. The van der Waals surface area contributed by atoms with Crippen LogP contribution in [0.1, 0.15) is 18.6 Å². The molecule has 1 aromatic carbocycles. The molecule has 0 radical (unpaired) electrons. The van der Waals surface area contributed by atoms with Crippen molar-refractivity contribution in [2.45, 2.75) is 25.5 Å². The van der Waals surface area contributed by atoms with Crippen LogP contribution in [0.25, 0.3) is 11.3 Å². The second-order valence-corrected chi connectivity index (χ2v) is 5.79. The molecule has 1 saturated heterocycles. The molecule has 0 spiro atoms. The van der Waals surface area contributed by atoms with Crippen molar-refractivity contribution < 1.29 is 26.3 Å². The smallest absolute Gasteiger partial charge is 0.137 e. The van der Waals surface area contributed by atoms with Gasteiger partial charge in [0.25, 0.3) is 0 Å². The molecule has 0 saturated carbocycles. The molecule has 1 aromatic heterocycles. The summed E-state index contributed by atoms with van der Waals surface area (Å²) >= 11 is 6.15. The summed E-state index contributed by atoms with van der Waals surface area (Å²) in [5, 5.41) is 3.95. The minimum atomic E-state index is 0. The Morgan fingerprint density at radius 3 is 2.87 bits per heavy atom. The van der Waals surface area contributed by atoms with Gasteiger partial charge in [-0.15, -0.1) is 0 Å². The Balaban J connectivity index is 0.00000192. The molecule has 2 heterocycles. The first-order chi connectivity index (χ1) is 10.8. The topological polar surface area (TPSA) is 43.6 Å². The Morgan fingerprint density at radius 1 is 1.30 bits per heavy atom. The van der Waals surface area contributed by atoms with Crippen LogP contribution in [-0.4, -0.2) is 26.4 Å². The summed E-state index contributed by atoms with van der Waals surface area (Å²) < 4.78 is 16.6. The maximum Gasteiger partial charge on any atom is 0.137 e. The number of furan rings is 1. The maximum absolute atomic E-state index is 6.15. The van der Waals surface area contributed by atoms with Crippen molar-refractivity contribution >= 4 is 11.6 Å². The van der Waals surface area contributed by atoms with Crippen LogP contribution >= 0.6 is 11.6 Å². The number of ether oxygens (including phenoxy) is 2. The fourth-order valence-corrected chi connectivity index (χ4v) is 2.87. The zero-order valence-corrected chi connectivity index (χ0v) is 14.5. The number of hydrogen-bond acceptors (Lipinski definition) is 4. The third-order valence-electron chi connectivity index (χ3n) is 3.79. The fourth-order valence-electron chi connectivity index (χ4n) is 2.61. The predicted molar refractivity (Wildman–Crippen MR) is 86.4 cm³/mol. The Labute approximate surface area is 147 Å². The first-order valence-corrected chi connectivity index (χ1v) is 7.89. The van der Waals surface area contributed by atoms with Gasteiger partial charge in [0.2, 0.25) is 0 Å². The molecule has 4 nitrogen and oxygen atoms in total. The lowest BCUT2D eigenvalue weighted by Gasteiger charge is -2.09. The highest BCUT2D eigenvalue weighted by atomic mass is 35.5. The van der Waals surface area contributed by atoms with Gasteiger partial charge in [-0.05, 0) is 43.2 Å². The Bertz CT molecular complexity index is 624. The lowest BCUT2D eigenvalue weighted by atomic mass is 10.2. The number of rotatable bonds is 6. The average Bonchev–Trinajstić information content (AvgIpc) is 3.19. The minimum absolute atomic E-state index is 0. The summed E-state index contributed by atoms with van der Waals surface area (Å²) in [7, 11) is 1.60. The van der Waals surface area contributed by atoms with E-state index < -0.39 is 0 Å². The van der Waals surface area contributed by atoms with Crippen molar-refractivity contribution in [1.29, 1.82) is 0 Å². The Hall–Kier alpha value is -1.20. The van der Waals surface area contributed by atoms with Crippen molar-refractivity contribution in [2.75, 3.05) is 20.3 Å². The van der Waals surface area contributed by atoms with E-state index in [2.05, 4.69) is 5.32 Å². The van der Waals surface area contributed by atoms with Gasteiger partial charge in [0.15, 0.2) is 0 Å². The second-order valence-electron chi connectivity index (χ2n) is 5.38. The maximum atomic E-state index is 6.15. The SMILES string of the molecule is COc1ccc(-c2ccc(CNCC3CCCO3)o2)cc1Cl.[Cl-]. The molecule has 2 aromatic rings. The van der Waals surface area contributed by atoms with Crippen molar-refractivity contribution in [3.05, 3.63) is 41.1 Å². The first kappa shape index (κ1) is 18.1. The van der Waals surface area contributed by atoms with Crippen LogP contribution in [0.3, 0.4) is 0 Å². The highest BCUT2D eigenvalue weighted by Crippen LogP contribution is 2.31. The van der Waals surface area contributed by atoms with Gasteiger partial charge in [-0.3, -0.25) is 0 Å². The Morgan fingerprint density at radius 2 is 2.17 bits per heavy atom. The van der Waals surface area contributed by atoms with E-state index in [0.717, 1.165) is 43.1 Å². The molecule has 126 valence electrons. The number of methoxy groups -OCH3 is 1. The molecule has 0 amide bonds. The second kappa shape index (κ2) is 8.60. The van der Waals surface area contributed by atoms with Crippen molar-refractivity contribution in [1.82, 2.24) is 5.32 Å². The van der Waals surface area contributed by atoms with Crippen LogP contribution in [-0.2, 0) is 11.3 Å². The van der Waals surface area contributed by atoms with E-state index >= 15 is 0 Å².